The van der Waals surface area contributed by atoms with E-state index in [1.54, 1.807) is 13.2 Å². The van der Waals surface area contributed by atoms with Gasteiger partial charge in [0, 0.05) is 6.07 Å². The second-order valence-electron chi connectivity index (χ2n) is 4.44. The number of benzene rings is 1. The molecule has 0 fully saturated rings. The number of ether oxygens (including phenoxy) is 1. The van der Waals surface area contributed by atoms with Crippen molar-refractivity contribution in [1.29, 1.82) is 0 Å². The molecule has 0 aliphatic carbocycles. The summed E-state index contributed by atoms with van der Waals surface area (Å²) in [5.41, 5.74) is 7.03. The average molecular weight is 258 g/mol. The Balaban J connectivity index is 2.46. The van der Waals surface area contributed by atoms with Gasteiger partial charge in [-0.25, -0.2) is 15.4 Å². The first-order valence-corrected chi connectivity index (χ1v) is 6.05. The minimum atomic E-state index is -0.184. The van der Waals surface area contributed by atoms with Gasteiger partial charge in [0.25, 0.3) is 0 Å². The molecule has 0 aliphatic heterocycles. The molecule has 1 atom stereocenters. The van der Waals surface area contributed by atoms with Crippen molar-refractivity contribution in [2.75, 3.05) is 7.11 Å². The van der Waals surface area contributed by atoms with Crippen LogP contribution in [0, 0.1) is 13.8 Å². The fourth-order valence-electron chi connectivity index (χ4n) is 2.03. The summed E-state index contributed by atoms with van der Waals surface area (Å²) in [4.78, 5) is 8.28. The lowest BCUT2D eigenvalue weighted by Gasteiger charge is -2.18. The molecule has 3 N–H and O–H groups in total. The number of nitrogens with zero attached hydrogens (tertiary/aromatic N) is 2. The molecule has 0 radical (unpaired) electrons. The van der Waals surface area contributed by atoms with Gasteiger partial charge in [-0.05, 0) is 25.0 Å². The fraction of sp³-hybridized carbons (Fsp3) is 0.286. The van der Waals surface area contributed by atoms with Crippen LogP contribution in [0.4, 0.5) is 0 Å². The fourth-order valence-corrected chi connectivity index (χ4v) is 2.03. The standard InChI is InChI=1S/C14H18N4O/c1-9-4-5-10(2)11(6-9)14(18-15)12-7-13(19-3)17-8-16-12/h4-8,14,18H,15H2,1-3H3. The molecule has 5 nitrogen and oxygen atoms in total. The zero-order valence-electron chi connectivity index (χ0n) is 11.3. The zero-order valence-corrected chi connectivity index (χ0v) is 11.3. The molecule has 19 heavy (non-hydrogen) atoms. The molecule has 5 heteroatoms. The monoisotopic (exact) mass is 258 g/mol. The van der Waals surface area contributed by atoms with Crippen LogP contribution in [0.25, 0.3) is 0 Å². The van der Waals surface area contributed by atoms with Gasteiger partial charge in [-0.3, -0.25) is 5.84 Å². The van der Waals surface area contributed by atoms with E-state index in [4.69, 9.17) is 10.6 Å². The molecule has 2 aromatic rings. The molecule has 100 valence electrons. The Morgan fingerprint density at radius 2 is 2.00 bits per heavy atom. The Labute approximate surface area is 112 Å². The van der Waals surface area contributed by atoms with Gasteiger partial charge in [0.1, 0.15) is 6.33 Å². The second kappa shape index (κ2) is 5.77. The third-order valence-corrected chi connectivity index (χ3v) is 3.08. The van der Waals surface area contributed by atoms with Crippen molar-refractivity contribution in [2.24, 2.45) is 5.84 Å². The van der Waals surface area contributed by atoms with E-state index in [0.29, 0.717) is 5.88 Å². The van der Waals surface area contributed by atoms with Crippen molar-refractivity contribution in [3.63, 3.8) is 0 Å². The summed E-state index contributed by atoms with van der Waals surface area (Å²) >= 11 is 0. The molecule has 1 aromatic heterocycles. The summed E-state index contributed by atoms with van der Waals surface area (Å²) in [6, 6.07) is 7.86. The lowest BCUT2D eigenvalue weighted by molar-refractivity contribution is 0.395. The summed E-state index contributed by atoms with van der Waals surface area (Å²) in [5.74, 6) is 6.22. The van der Waals surface area contributed by atoms with Crippen LogP contribution < -0.4 is 16.0 Å². The number of aromatic nitrogens is 2. The van der Waals surface area contributed by atoms with Gasteiger partial charge in [0.05, 0.1) is 18.8 Å². The molecule has 0 saturated carbocycles. The van der Waals surface area contributed by atoms with Gasteiger partial charge < -0.3 is 4.74 Å². The third kappa shape index (κ3) is 2.89. The Kier molecular flexibility index (Phi) is 4.09. The van der Waals surface area contributed by atoms with Crippen molar-refractivity contribution in [2.45, 2.75) is 19.9 Å². The number of aryl methyl sites for hydroxylation is 2. The van der Waals surface area contributed by atoms with E-state index < -0.39 is 0 Å². The summed E-state index contributed by atoms with van der Waals surface area (Å²) < 4.78 is 5.12. The van der Waals surface area contributed by atoms with Crippen molar-refractivity contribution in [3.05, 3.63) is 53.0 Å². The Morgan fingerprint density at radius 1 is 1.21 bits per heavy atom. The van der Waals surface area contributed by atoms with E-state index in [1.807, 2.05) is 0 Å². The molecule has 1 heterocycles. The normalized spacial score (nSPS) is 12.2. The number of nitrogens with two attached hydrogens (primary N) is 1. The van der Waals surface area contributed by atoms with Crippen molar-refractivity contribution in [3.8, 4) is 5.88 Å². The van der Waals surface area contributed by atoms with Gasteiger partial charge in [0.2, 0.25) is 5.88 Å². The van der Waals surface area contributed by atoms with E-state index in [9.17, 15) is 0 Å². The lowest BCUT2D eigenvalue weighted by atomic mass is 9.97. The molecular formula is C14H18N4O. The van der Waals surface area contributed by atoms with Gasteiger partial charge in [-0.1, -0.05) is 23.8 Å². The van der Waals surface area contributed by atoms with Crippen molar-refractivity contribution < 1.29 is 4.74 Å². The van der Waals surface area contributed by atoms with Crippen molar-refractivity contribution >= 4 is 0 Å². The molecule has 2 rings (SSSR count). The first kappa shape index (κ1) is 13.5. The van der Waals surface area contributed by atoms with Gasteiger partial charge in [-0.2, -0.15) is 0 Å². The van der Waals surface area contributed by atoms with Crippen LogP contribution in [0.5, 0.6) is 5.88 Å². The number of nitrogens with one attached hydrogen (secondary N) is 1. The predicted molar refractivity (Wildman–Crippen MR) is 73.7 cm³/mol. The van der Waals surface area contributed by atoms with Crippen LogP contribution in [0.1, 0.15) is 28.4 Å². The van der Waals surface area contributed by atoms with Crippen LogP contribution in [0.2, 0.25) is 0 Å². The minimum Gasteiger partial charge on any atom is -0.481 e. The first-order valence-electron chi connectivity index (χ1n) is 6.05. The van der Waals surface area contributed by atoms with Crippen LogP contribution in [-0.4, -0.2) is 17.1 Å². The van der Waals surface area contributed by atoms with Gasteiger partial charge >= 0.3 is 0 Å². The largest absolute Gasteiger partial charge is 0.481 e. The number of rotatable bonds is 4. The minimum absolute atomic E-state index is 0.184. The van der Waals surface area contributed by atoms with E-state index in [1.165, 1.54) is 11.9 Å². The highest BCUT2D eigenvalue weighted by Crippen LogP contribution is 2.25. The Morgan fingerprint density at radius 3 is 2.68 bits per heavy atom. The first-order chi connectivity index (χ1) is 9.15. The molecule has 1 unspecified atom stereocenters. The zero-order chi connectivity index (χ0) is 13.8. The highest BCUT2D eigenvalue weighted by atomic mass is 16.5. The topological polar surface area (TPSA) is 73.1 Å². The smallest absolute Gasteiger partial charge is 0.216 e. The SMILES string of the molecule is COc1cc(C(NN)c2cc(C)ccc2C)ncn1. The summed E-state index contributed by atoms with van der Waals surface area (Å²) in [6.07, 6.45) is 1.48. The molecule has 0 spiro atoms. The van der Waals surface area contributed by atoms with Crippen LogP contribution in [0.3, 0.4) is 0 Å². The molecule has 1 aromatic carbocycles. The average Bonchev–Trinajstić information content (AvgIpc) is 2.44. The maximum atomic E-state index is 5.70. The van der Waals surface area contributed by atoms with Crippen LogP contribution in [0.15, 0.2) is 30.6 Å². The van der Waals surface area contributed by atoms with E-state index in [-0.39, 0.29) is 6.04 Å². The Hall–Kier alpha value is -1.98. The number of hydrazine groups is 1. The number of hydrogen-bond acceptors (Lipinski definition) is 5. The van der Waals surface area contributed by atoms with E-state index in [2.05, 4.69) is 47.4 Å². The third-order valence-electron chi connectivity index (χ3n) is 3.08. The molecular weight excluding hydrogens is 240 g/mol. The summed E-state index contributed by atoms with van der Waals surface area (Å²) in [7, 11) is 1.58. The van der Waals surface area contributed by atoms with E-state index >= 15 is 0 Å². The maximum Gasteiger partial charge on any atom is 0.216 e. The highest BCUT2D eigenvalue weighted by Gasteiger charge is 2.17. The lowest BCUT2D eigenvalue weighted by Crippen LogP contribution is -2.30. The summed E-state index contributed by atoms with van der Waals surface area (Å²) in [5, 5.41) is 0. The quantitative estimate of drug-likeness (QED) is 0.644. The number of hydrogen-bond donors (Lipinski definition) is 2. The van der Waals surface area contributed by atoms with Crippen LogP contribution in [-0.2, 0) is 0 Å². The van der Waals surface area contributed by atoms with E-state index in [0.717, 1.165) is 16.8 Å². The maximum absolute atomic E-state index is 5.70. The summed E-state index contributed by atoms with van der Waals surface area (Å²) in [6.45, 7) is 4.11. The predicted octanol–water partition coefficient (Wildman–Crippen LogP) is 1.65. The van der Waals surface area contributed by atoms with Crippen LogP contribution >= 0.6 is 0 Å². The molecule has 0 amide bonds. The number of methoxy groups -OCH3 is 1. The van der Waals surface area contributed by atoms with Crippen molar-refractivity contribution in [1.82, 2.24) is 15.4 Å². The highest BCUT2D eigenvalue weighted by molar-refractivity contribution is 5.37. The second-order valence-corrected chi connectivity index (χ2v) is 4.44. The van der Waals surface area contributed by atoms with Gasteiger partial charge in [-0.15, -0.1) is 0 Å². The molecule has 0 bridgehead atoms. The van der Waals surface area contributed by atoms with Gasteiger partial charge in [0.15, 0.2) is 0 Å². The Bertz CT molecular complexity index is 571. The molecule has 0 saturated heterocycles. The molecule has 0 aliphatic rings.